The second-order valence-corrected chi connectivity index (χ2v) is 11.9. The van der Waals surface area contributed by atoms with E-state index < -0.39 is 26.1 Å². The van der Waals surface area contributed by atoms with Crippen LogP contribution in [0.3, 0.4) is 0 Å². The summed E-state index contributed by atoms with van der Waals surface area (Å²) in [6, 6.07) is 11.7. The van der Waals surface area contributed by atoms with Crippen LogP contribution in [0.15, 0.2) is 60.2 Å². The molecular formula is C27H29FO9S2. The molecule has 0 unspecified atom stereocenters. The first-order valence-corrected chi connectivity index (χ1v) is 15.1. The third-order valence-electron chi connectivity index (χ3n) is 5.22. The third-order valence-corrected chi connectivity index (χ3v) is 6.19. The van der Waals surface area contributed by atoms with Crippen LogP contribution in [0.2, 0.25) is 0 Å². The van der Waals surface area contributed by atoms with Gasteiger partial charge in [0, 0.05) is 5.56 Å². The molecule has 0 fully saturated rings. The first-order valence-electron chi connectivity index (χ1n) is 11.5. The van der Waals surface area contributed by atoms with Gasteiger partial charge in [-0.25, -0.2) is 4.39 Å². The summed E-state index contributed by atoms with van der Waals surface area (Å²) in [6.45, 7) is 3.97. The predicted octanol–water partition coefficient (Wildman–Crippen LogP) is 5.20. The van der Waals surface area contributed by atoms with Crippen molar-refractivity contribution in [3.8, 4) is 51.0 Å². The van der Waals surface area contributed by atoms with E-state index in [1.807, 2.05) is 13.8 Å². The maximum atomic E-state index is 15.0. The number of benzene rings is 3. The topological polar surface area (TPSA) is 114 Å². The summed E-state index contributed by atoms with van der Waals surface area (Å²) >= 11 is 0. The largest absolute Gasteiger partial charge is 0.496 e. The van der Waals surface area contributed by atoms with Crippen LogP contribution in [-0.4, -0.2) is 50.2 Å². The normalized spacial score (nSPS) is 11.5. The Labute approximate surface area is 228 Å². The van der Waals surface area contributed by atoms with Crippen molar-refractivity contribution >= 4 is 20.2 Å². The highest BCUT2D eigenvalue weighted by Gasteiger charge is 2.27. The molecule has 0 amide bonds. The second-order valence-electron chi connectivity index (χ2n) is 8.70. The Hall–Kier alpha value is -3.77. The molecule has 0 spiro atoms. The lowest BCUT2D eigenvalue weighted by molar-refractivity contribution is 0.341. The van der Waals surface area contributed by atoms with Crippen LogP contribution in [0.4, 0.5) is 4.39 Å². The van der Waals surface area contributed by atoms with Gasteiger partial charge in [-0.3, -0.25) is 0 Å². The summed E-state index contributed by atoms with van der Waals surface area (Å²) < 4.78 is 89.3. The summed E-state index contributed by atoms with van der Waals surface area (Å²) in [4.78, 5) is 0. The van der Waals surface area contributed by atoms with Crippen LogP contribution >= 0.6 is 0 Å². The Bertz CT molecular complexity index is 1590. The highest BCUT2D eigenvalue weighted by atomic mass is 32.2. The highest BCUT2D eigenvalue weighted by molar-refractivity contribution is 7.86. The van der Waals surface area contributed by atoms with Gasteiger partial charge in [0.1, 0.15) is 18.1 Å². The molecule has 0 aliphatic carbocycles. The minimum absolute atomic E-state index is 0.0146. The summed E-state index contributed by atoms with van der Waals surface area (Å²) in [6.07, 6.45) is 3.60. The van der Waals surface area contributed by atoms with E-state index in [2.05, 4.69) is 0 Å². The van der Waals surface area contributed by atoms with Crippen molar-refractivity contribution in [1.82, 2.24) is 0 Å². The van der Waals surface area contributed by atoms with Crippen molar-refractivity contribution in [3.63, 3.8) is 0 Å². The zero-order chi connectivity index (χ0) is 29.0. The molecule has 9 nitrogen and oxygen atoms in total. The SMILES string of the molecule is COc1cc(-c2ccc(OS(C)(=O)=O)cc2)c(OC)c(OS(C)(=O)=O)c1-c1ccc(OCC=C(C)C)c(F)c1. The average Bonchev–Trinajstić information content (AvgIpc) is 2.82. The summed E-state index contributed by atoms with van der Waals surface area (Å²) in [5, 5.41) is 0. The molecule has 3 aromatic rings. The van der Waals surface area contributed by atoms with E-state index in [4.69, 9.17) is 22.6 Å². The van der Waals surface area contributed by atoms with Gasteiger partial charge in [0.25, 0.3) is 0 Å². The molecular weight excluding hydrogens is 551 g/mol. The van der Waals surface area contributed by atoms with Gasteiger partial charge in [0.2, 0.25) is 0 Å². The fraction of sp³-hybridized carbons (Fsp3) is 0.259. The lowest BCUT2D eigenvalue weighted by Crippen LogP contribution is -2.09. The number of hydrogen-bond acceptors (Lipinski definition) is 9. The van der Waals surface area contributed by atoms with Gasteiger partial charge >= 0.3 is 20.2 Å². The summed E-state index contributed by atoms with van der Waals surface area (Å²) in [5.41, 5.74) is 2.27. The van der Waals surface area contributed by atoms with Crippen molar-refractivity contribution < 1.29 is 43.8 Å². The van der Waals surface area contributed by atoms with Crippen LogP contribution < -0.4 is 22.6 Å². The summed E-state index contributed by atoms with van der Waals surface area (Å²) in [5.74, 6) is -0.606. The smallest absolute Gasteiger partial charge is 0.306 e. The van der Waals surface area contributed by atoms with Gasteiger partial charge in [-0.05, 0) is 61.4 Å². The van der Waals surface area contributed by atoms with E-state index in [9.17, 15) is 16.8 Å². The van der Waals surface area contributed by atoms with Gasteiger partial charge in [-0.1, -0.05) is 23.8 Å². The van der Waals surface area contributed by atoms with E-state index in [1.165, 1.54) is 38.5 Å². The monoisotopic (exact) mass is 580 g/mol. The number of rotatable bonds is 11. The van der Waals surface area contributed by atoms with Crippen molar-refractivity contribution in [3.05, 3.63) is 66.0 Å². The number of ether oxygens (including phenoxy) is 3. The molecule has 0 saturated carbocycles. The lowest BCUT2D eigenvalue weighted by atomic mass is 9.96. The van der Waals surface area contributed by atoms with Gasteiger partial charge in [0.05, 0.1) is 32.3 Å². The van der Waals surface area contributed by atoms with E-state index in [1.54, 1.807) is 30.3 Å². The Morgan fingerprint density at radius 1 is 0.795 bits per heavy atom. The molecule has 39 heavy (non-hydrogen) atoms. The Morgan fingerprint density at radius 2 is 1.41 bits per heavy atom. The molecule has 0 radical (unpaired) electrons. The van der Waals surface area contributed by atoms with Crippen LogP contribution in [-0.2, 0) is 20.2 Å². The molecule has 0 saturated heterocycles. The fourth-order valence-electron chi connectivity index (χ4n) is 3.64. The summed E-state index contributed by atoms with van der Waals surface area (Å²) in [7, 11) is -5.11. The quantitative estimate of drug-likeness (QED) is 0.223. The van der Waals surface area contributed by atoms with E-state index in [0.717, 1.165) is 18.1 Å². The molecule has 0 heterocycles. The maximum absolute atomic E-state index is 15.0. The standard InChI is InChI=1S/C27H29FO9S2/c1-17(2)13-14-35-23-12-9-19(15-22(23)28)25-24(33-3)16-21(26(34-4)27(25)37-39(6,31)32)18-7-10-20(11-8-18)36-38(5,29)30/h7-13,15-16H,14H2,1-6H3. The third kappa shape index (κ3) is 7.87. The van der Waals surface area contributed by atoms with Gasteiger partial charge in [-0.15, -0.1) is 0 Å². The van der Waals surface area contributed by atoms with E-state index in [-0.39, 0.29) is 46.5 Å². The average molecular weight is 581 g/mol. The zero-order valence-electron chi connectivity index (χ0n) is 22.3. The van der Waals surface area contributed by atoms with Crippen molar-refractivity contribution in [2.45, 2.75) is 13.8 Å². The number of allylic oxidation sites excluding steroid dienone is 1. The van der Waals surface area contributed by atoms with Crippen LogP contribution in [0, 0.1) is 5.82 Å². The number of halogens is 1. The molecule has 0 aliphatic heterocycles. The van der Waals surface area contributed by atoms with Crippen LogP contribution in [0.5, 0.6) is 28.7 Å². The molecule has 3 rings (SSSR count). The second kappa shape index (κ2) is 12.0. The number of hydrogen-bond donors (Lipinski definition) is 0. The molecule has 0 N–H and O–H groups in total. The van der Waals surface area contributed by atoms with Crippen LogP contribution in [0.1, 0.15) is 13.8 Å². The van der Waals surface area contributed by atoms with Crippen molar-refractivity contribution in [1.29, 1.82) is 0 Å². The molecule has 3 aromatic carbocycles. The zero-order valence-corrected chi connectivity index (χ0v) is 23.9. The molecule has 0 aliphatic rings. The van der Waals surface area contributed by atoms with Crippen molar-refractivity contribution in [2.24, 2.45) is 0 Å². The maximum Gasteiger partial charge on any atom is 0.306 e. The molecule has 0 atom stereocenters. The van der Waals surface area contributed by atoms with Gasteiger partial charge < -0.3 is 22.6 Å². The lowest BCUT2D eigenvalue weighted by Gasteiger charge is -2.21. The first kappa shape index (κ1) is 29.8. The van der Waals surface area contributed by atoms with Gasteiger partial charge in [0.15, 0.2) is 23.1 Å². The molecule has 210 valence electrons. The predicted molar refractivity (Wildman–Crippen MR) is 146 cm³/mol. The minimum Gasteiger partial charge on any atom is -0.496 e. The fourth-order valence-corrected chi connectivity index (χ4v) is 4.56. The highest BCUT2D eigenvalue weighted by Crippen LogP contribution is 2.51. The molecule has 12 heteroatoms. The van der Waals surface area contributed by atoms with E-state index >= 15 is 4.39 Å². The van der Waals surface area contributed by atoms with E-state index in [0.29, 0.717) is 11.1 Å². The first-order chi connectivity index (χ1) is 18.2. The Balaban J connectivity index is 2.21. The van der Waals surface area contributed by atoms with Gasteiger partial charge in [-0.2, -0.15) is 16.8 Å². The van der Waals surface area contributed by atoms with Crippen molar-refractivity contribution in [2.75, 3.05) is 33.3 Å². The molecule has 0 aromatic heterocycles. The molecule has 0 bridgehead atoms. The Kier molecular flexibility index (Phi) is 9.13. The number of methoxy groups -OCH3 is 2. The minimum atomic E-state index is -4.08. The van der Waals surface area contributed by atoms with Crippen LogP contribution in [0.25, 0.3) is 22.3 Å². The Morgan fingerprint density at radius 3 is 1.92 bits per heavy atom.